The SMILES string of the molecule is O=C(F)N1CCNC2(CC2)C1. The molecule has 1 heterocycles. The molecule has 0 unspecified atom stereocenters. The van der Waals surface area contributed by atoms with E-state index in [2.05, 4.69) is 5.32 Å². The van der Waals surface area contributed by atoms with Crippen LogP contribution in [0.1, 0.15) is 12.8 Å². The molecule has 0 bridgehead atoms. The van der Waals surface area contributed by atoms with E-state index in [-0.39, 0.29) is 5.54 Å². The third kappa shape index (κ3) is 1.22. The molecule has 11 heavy (non-hydrogen) atoms. The summed E-state index contributed by atoms with van der Waals surface area (Å²) in [5.74, 6) is 0. The number of halogens is 1. The van der Waals surface area contributed by atoms with Gasteiger partial charge in [0.25, 0.3) is 0 Å². The standard InChI is InChI=1S/C7H11FN2O/c8-6(11)10-4-3-9-7(5-10)1-2-7/h9H,1-5H2. The Kier molecular flexibility index (Phi) is 1.39. The van der Waals surface area contributed by atoms with Gasteiger partial charge in [-0.1, -0.05) is 0 Å². The molecule has 0 aromatic carbocycles. The van der Waals surface area contributed by atoms with Crippen LogP contribution in [-0.2, 0) is 0 Å². The predicted octanol–water partition coefficient (Wildman–Crippen LogP) is 0.514. The first-order chi connectivity index (χ1) is 5.22. The lowest BCUT2D eigenvalue weighted by Crippen LogP contribution is -2.53. The van der Waals surface area contributed by atoms with Crippen LogP contribution < -0.4 is 5.32 Å². The summed E-state index contributed by atoms with van der Waals surface area (Å²) in [6.45, 7) is 1.80. The number of piperazine rings is 1. The van der Waals surface area contributed by atoms with Gasteiger partial charge in [-0.3, -0.25) is 0 Å². The molecule has 62 valence electrons. The summed E-state index contributed by atoms with van der Waals surface area (Å²) in [7, 11) is 0. The molecule has 2 aliphatic rings. The van der Waals surface area contributed by atoms with E-state index in [4.69, 9.17) is 0 Å². The highest BCUT2D eigenvalue weighted by Crippen LogP contribution is 2.37. The smallest absolute Gasteiger partial charge is 0.312 e. The van der Waals surface area contributed by atoms with Gasteiger partial charge >= 0.3 is 6.16 Å². The molecular weight excluding hydrogens is 147 g/mol. The highest BCUT2D eigenvalue weighted by Gasteiger charge is 2.46. The van der Waals surface area contributed by atoms with Crippen molar-refractivity contribution in [1.29, 1.82) is 0 Å². The number of carbonyl (C=O) groups excluding carboxylic acids is 1. The van der Waals surface area contributed by atoms with E-state index in [1.165, 1.54) is 4.90 Å². The fourth-order valence-corrected chi connectivity index (χ4v) is 1.59. The Balaban J connectivity index is 1.98. The van der Waals surface area contributed by atoms with Gasteiger partial charge in [-0.05, 0) is 12.8 Å². The largest absolute Gasteiger partial charge is 0.400 e. The number of hydrogen-bond donors (Lipinski definition) is 1. The zero-order chi connectivity index (χ0) is 7.90. The van der Waals surface area contributed by atoms with Crippen LogP contribution in [0.5, 0.6) is 0 Å². The van der Waals surface area contributed by atoms with Crippen LogP contribution in [-0.4, -0.2) is 36.2 Å². The van der Waals surface area contributed by atoms with E-state index >= 15 is 0 Å². The Bertz CT molecular complexity index is 191. The second kappa shape index (κ2) is 2.17. The van der Waals surface area contributed by atoms with E-state index in [9.17, 15) is 9.18 Å². The van der Waals surface area contributed by atoms with Crippen molar-refractivity contribution in [2.75, 3.05) is 19.6 Å². The van der Waals surface area contributed by atoms with E-state index in [1.807, 2.05) is 0 Å². The van der Waals surface area contributed by atoms with Crippen molar-refractivity contribution >= 4 is 6.16 Å². The van der Waals surface area contributed by atoms with Crippen LogP contribution in [0.15, 0.2) is 0 Å². The van der Waals surface area contributed by atoms with Crippen molar-refractivity contribution in [3.05, 3.63) is 0 Å². The highest BCUT2D eigenvalue weighted by molar-refractivity contribution is 5.66. The molecule has 1 N–H and O–H groups in total. The number of carbonyl (C=O) groups is 1. The monoisotopic (exact) mass is 158 g/mol. The van der Waals surface area contributed by atoms with Crippen molar-refractivity contribution in [2.45, 2.75) is 18.4 Å². The number of hydrogen-bond acceptors (Lipinski definition) is 2. The van der Waals surface area contributed by atoms with Crippen LogP contribution in [0.4, 0.5) is 9.18 Å². The zero-order valence-electron chi connectivity index (χ0n) is 6.27. The van der Waals surface area contributed by atoms with Gasteiger partial charge < -0.3 is 10.2 Å². The van der Waals surface area contributed by atoms with E-state index in [0.29, 0.717) is 13.1 Å². The molecule has 0 radical (unpaired) electrons. The molecule has 1 aliphatic heterocycles. The van der Waals surface area contributed by atoms with Gasteiger partial charge in [-0.25, -0.2) is 4.79 Å². The maximum Gasteiger partial charge on any atom is 0.400 e. The van der Waals surface area contributed by atoms with Gasteiger partial charge in [0.05, 0.1) is 0 Å². The van der Waals surface area contributed by atoms with Crippen molar-refractivity contribution < 1.29 is 9.18 Å². The van der Waals surface area contributed by atoms with Crippen LogP contribution in [0, 0.1) is 0 Å². The number of nitrogens with zero attached hydrogens (tertiary/aromatic N) is 1. The molecule has 1 aliphatic carbocycles. The first-order valence-corrected chi connectivity index (χ1v) is 3.91. The van der Waals surface area contributed by atoms with Crippen molar-refractivity contribution in [2.24, 2.45) is 0 Å². The van der Waals surface area contributed by atoms with Crippen LogP contribution in [0.3, 0.4) is 0 Å². The van der Waals surface area contributed by atoms with Gasteiger partial charge in [0, 0.05) is 25.2 Å². The van der Waals surface area contributed by atoms with Crippen molar-refractivity contribution in [3.8, 4) is 0 Å². The summed E-state index contributed by atoms with van der Waals surface area (Å²) in [6.07, 6.45) is 0.880. The molecule has 0 atom stereocenters. The Hall–Kier alpha value is -0.640. The summed E-state index contributed by atoms with van der Waals surface area (Å²) in [5.41, 5.74) is 0.0972. The van der Waals surface area contributed by atoms with Crippen LogP contribution in [0.2, 0.25) is 0 Å². The molecule has 0 aromatic heterocycles. The lowest BCUT2D eigenvalue weighted by molar-refractivity contribution is 0.151. The minimum atomic E-state index is -1.28. The topological polar surface area (TPSA) is 32.3 Å². The molecule has 2 rings (SSSR count). The fourth-order valence-electron chi connectivity index (χ4n) is 1.59. The van der Waals surface area contributed by atoms with E-state index in [1.54, 1.807) is 0 Å². The number of amides is 1. The Morgan fingerprint density at radius 2 is 2.27 bits per heavy atom. The second-order valence-corrected chi connectivity index (χ2v) is 3.38. The quantitative estimate of drug-likeness (QED) is 0.411. The lowest BCUT2D eigenvalue weighted by atomic mass is 10.2. The first-order valence-electron chi connectivity index (χ1n) is 3.91. The molecule has 1 saturated heterocycles. The van der Waals surface area contributed by atoms with Crippen molar-refractivity contribution in [1.82, 2.24) is 10.2 Å². The van der Waals surface area contributed by atoms with Crippen LogP contribution >= 0.6 is 0 Å². The van der Waals surface area contributed by atoms with Crippen LogP contribution in [0.25, 0.3) is 0 Å². The molecule has 0 aromatic rings. The Labute approximate surface area is 64.6 Å². The molecular formula is C7H11FN2O. The predicted molar refractivity (Wildman–Crippen MR) is 38.0 cm³/mol. The maximum atomic E-state index is 12.2. The second-order valence-electron chi connectivity index (χ2n) is 3.38. The zero-order valence-corrected chi connectivity index (χ0v) is 6.27. The third-order valence-corrected chi connectivity index (χ3v) is 2.48. The van der Waals surface area contributed by atoms with Gasteiger partial charge in [0.1, 0.15) is 0 Å². The van der Waals surface area contributed by atoms with Gasteiger partial charge in [0.2, 0.25) is 0 Å². The minimum absolute atomic E-state index is 0.0972. The molecule has 3 nitrogen and oxygen atoms in total. The van der Waals surface area contributed by atoms with Gasteiger partial charge in [0.15, 0.2) is 0 Å². The average molecular weight is 158 g/mol. The minimum Gasteiger partial charge on any atom is -0.312 e. The summed E-state index contributed by atoms with van der Waals surface area (Å²) in [4.78, 5) is 11.6. The maximum absolute atomic E-state index is 12.2. The summed E-state index contributed by atoms with van der Waals surface area (Å²) < 4.78 is 12.2. The number of rotatable bonds is 0. The summed E-state index contributed by atoms with van der Waals surface area (Å²) >= 11 is 0. The average Bonchev–Trinajstić information content (AvgIpc) is 2.69. The fraction of sp³-hybridized carbons (Fsp3) is 0.857. The Morgan fingerprint density at radius 1 is 1.55 bits per heavy atom. The molecule has 4 heteroatoms. The molecule has 2 fully saturated rings. The lowest BCUT2D eigenvalue weighted by Gasteiger charge is -2.31. The van der Waals surface area contributed by atoms with E-state index in [0.717, 1.165) is 19.4 Å². The summed E-state index contributed by atoms with van der Waals surface area (Å²) in [5, 5.41) is 3.29. The third-order valence-electron chi connectivity index (χ3n) is 2.48. The van der Waals surface area contributed by atoms with Gasteiger partial charge in [-0.2, -0.15) is 0 Å². The van der Waals surface area contributed by atoms with E-state index < -0.39 is 6.16 Å². The molecule has 1 saturated carbocycles. The normalized spacial score (nSPS) is 27.2. The van der Waals surface area contributed by atoms with Crippen molar-refractivity contribution in [3.63, 3.8) is 0 Å². The summed E-state index contributed by atoms with van der Waals surface area (Å²) in [6, 6.07) is 0. The molecule has 1 spiro atoms. The number of nitrogens with one attached hydrogen (secondary N) is 1. The Morgan fingerprint density at radius 3 is 2.82 bits per heavy atom. The van der Waals surface area contributed by atoms with Gasteiger partial charge in [-0.15, -0.1) is 4.39 Å². The first kappa shape index (κ1) is 7.03. The molecule has 1 amide bonds. The highest BCUT2D eigenvalue weighted by atomic mass is 19.1.